The summed E-state index contributed by atoms with van der Waals surface area (Å²) in [5.41, 5.74) is 2.14. The Hall–Kier alpha value is -1.06. The van der Waals surface area contributed by atoms with Gasteiger partial charge < -0.3 is 9.47 Å². The van der Waals surface area contributed by atoms with Crippen molar-refractivity contribution in [3.63, 3.8) is 0 Å². The number of rotatable bonds is 1. The van der Waals surface area contributed by atoms with E-state index in [9.17, 15) is 4.39 Å². The molecule has 1 aromatic carbocycles. The molecule has 1 aliphatic rings. The minimum atomic E-state index is -0.316. The van der Waals surface area contributed by atoms with E-state index in [1.807, 2.05) is 12.3 Å². The van der Waals surface area contributed by atoms with Crippen molar-refractivity contribution >= 4 is 22.5 Å². The Bertz CT molecular complexity index is 618. The van der Waals surface area contributed by atoms with E-state index >= 15 is 0 Å². The Morgan fingerprint density at radius 1 is 1.44 bits per heavy atom. The SMILES string of the molecule is C[C@H]1C(N(C)C)Cc2cc(F)c(Cl)c3ccn1c23. The second-order valence-electron chi connectivity index (χ2n) is 5.29. The fourth-order valence-corrected chi connectivity index (χ4v) is 3.27. The molecule has 0 spiro atoms. The summed E-state index contributed by atoms with van der Waals surface area (Å²) in [6.07, 6.45) is 2.88. The van der Waals surface area contributed by atoms with Crippen LogP contribution in [0.1, 0.15) is 18.5 Å². The highest BCUT2D eigenvalue weighted by molar-refractivity contribution is 6.35. The average molecular weight is 267 g/mol. The van der Waals surface area contributed by atoms with Gasteiger partial charge in [0.05, 0.1) is 10.5 Å². The van der Waals surface area contributed by atoms with Crippen LogP contribution < -0.4 is 0 Å². The molecule has 0 N–H and O–H groups in total. The molecule has 0 fully saturated rings. The topological polar surface area (TPSA) is 8.17 Å². The van der Waals surface area contributed by atoms with Crippen LogP contribution in [-0.4, -0.2) is 29.6 Å². The van der Waals surface area contributed by atoms with Gasteiger partial charge in [0.15, 0.2) is 0 Å². The molecule has 2 atom stereocenters. The third-order valence-corrected chi connectivity index (χ3v) is 4.44. The van der Waals surface area contributed by atoms with Crippen molar-refractivity contribution in [3.05, 3.63) is 34.7 Å². The predicted molar refractivity (Wildman–Crippen MR) is 72.8 cm³/mol. The highest BCUT2D eigenvalue weighted by Crippen LogP contribution is 2.37. The molecule has 2 heterocycles. The second kappa shape index (κ2) is 3.97. The van der Waals surface area contributed by atoms with Gasteiger partial charge in [0, 0.05) is 23.7 Å². The van der Waals surface area contributed by atoms with Gasteiger partial charge in [0.1, 0.15) is 5.82 Å². The van der Waals surface area contributed by atoms with Crippen molar-refractivity contribution in [1.29, 1.82) is 0 Å². The molecule has 1 unspecified atom stereocenters. The molecular formula is C14H16ClFN2. The molecule has 0 amide bonds. The molecule has 2 nitrogen and oxygen atoms in total. The predicted octanol–water partition coefficient (Wildman–Crippen LogP) is 3.48. The van der Waals surface area contributed by atoms with E-state index in [1.54, 1.807) is 6.07 Å². The third-order valence-electron chi connectivity index (χ3n) is 4.05. The molecule has 2 aromatic rings. The lowest BCUT2D eigenvalue weighted by atomic mass is 9.94. The first kappa shape index (κ1) is 12.0. The third kappa shape index (κ3) is 1.50. The van der Waals surface area contributed by atoms with Crippen LogP contribution in [-0.2, 0) is 6.42 Å². The van der Waals surface area contributed by atoms with Crippen molar-refractivity contribution < 1.29 is 4.39 Å². The number of likely N-dealkylation sites (N-methyl/N-ethyl adjacent to an activating group) is 1. The monoisotopic (exact) mass is 266 g/mol. The standard InChI is InChI=1S/C14H16ClFN2/c1-8-12(17(2)3)7-9-6-11(16)13(15)10-4-5-18(8)14(9)10/h4-6,8,12H,7H2,1-3H3/t8-,12?/m0/s1. The Balaban J connectivity index is 2.28. The minimum Gasteiger partial charge on any atom is -0.343 e. The van der Waals surface area contributed by atoms with Crippen LogP contribution in [0.4, 0.5) is 4.39 Å². The molecule has 1 aliphatic heterocycles. The van der Waals surface area contributed by atoms with Gasteiger partial charge in [-0.3, -0.25) is 0 Å². The summed E-state index contributed by atoms with van der Waals surface area (Å²) in [6, 6.07) is 4.25. The second-order valence-corrected chi connectivity index (χ2v) is 5.67. The van der Waals surface area contributed by atoms with Gasteiger partial charge in [-0.2, -0.15) is 0 Å². The first-order valence-electron chi connectivity index (χ1n) is 6.14. The summed E-state index contributed by atoms with van der Waals surface area (Å²) in [4.78, 5) is 2.20. The van der Waals surface area contributed by atoms with E-state index in [2.05, 4.69) is 30.5 Å². The van der Waals surface area contributed by atoms with Crippen LogP contribution in [0.5, 0.6) is 0 Å². The van der Waals surface area contributed by atoms with Crippen LogP contribution in [0.25, 0.3) is 10.9 Å². The highest BCUT2D eigenvalue weighted by atomic mass is 35.5. The van der Waals surface area contributed by atoms with E-state index in [-0.39, 0.29) is 10.8 Å². The molecule has 0 aliphatic carbocycles. The van der Waals surface area contributed by atoms with E-state index in [4.69, 9.17) is 11.6 Å². The van der Waals surface area contributed by atoms with Crippen molar-refractivity contribution in [2.24, 2.45) is 0 Å². The maximum absolute atomic E-state index is 13.8. The Morgan fingerprint density at radius 2 is 2.17 bits per heavy atom. The Kier molecular flexibility index (Phi) is 2.65. The van der Waals surface area contributed by atoms with Gasteiger partial charge in [-0.15, -0.1) is 0 Å². The van der Waals surface area contributed by atoms with E-state index < -0.39 is 0 Å². The summed E-state index contributed by atoms with van der Waals surface area (Å²) >= 11 is 6.04. The number of hydrogen-bond acceptors (Lipinski definition) is 1. The normalized spacial score (nSPS) is 23.0. The lowest BCUT2D eigenvalue weighted by Gasteiger charge is -2.36. The number of nitrogens with zero attached hydrogens (tertiary/aromatic N) is 2. The molecule has 96 valence electrons. The van der Waals surface area contributed by atoms with Gasteiger partial charge in [-0.05, 0) is 45.1 Å². The largest absolute Gasteiger partial charge is 0.343 e. The fourth-order valence-electron chi connectivity index (χ4n) is 3.07. The van der Waals surface area contributed by atoms with Gasteiger partial charge in [-0.1, -0.05) is 11.6 Å². The number of aromatic nitrogens is 1. The molecule has 1 aromatic heterocycles. The van der Waals surface area contributed by atoms with Gasteiger partial charge in [0.25, 0.3) is 0 Å². The first-order chi connectivity index (χ1) is 8.50. The molecule has 4 heteroatoms. The summed E-state index contributed by atoms with van der Waals surface area (Å²) < 4.78 is 16.0. The van der Waals surface area contributed by atoms with E-state index in [1.165, 1.54) is 0 Å². The highest BCUT2D eigenvalue weighted by Gasteiger charge is 2.29. The summed E-state index contributed by atoms with van der Waals surface area (Å²) in [7, 11) is 4.14. The quantitative estimate of drug-likeness (QED) is 0.767. The molecule has 0 saturated heterocycles. The van der Waals surface area contributed by atoms with Crippen molar-refractivity contribution in [3.8, 4) is 0 Å². The zero-order valence-electron chi connectivity index (χ0n) is 10.7. The first-order valence-corrected chi connectivity index (χ1v) is 6.52. The molecule has 18 heavy (non-hydrogen) atoms. The van der Waals surface area contributed by atoms with Crippen molar-refractivity contribution in [2.45, 2.75) is 25.4 Å². The fraction of sp³-hybridized carbons (Fsp3) is 0.429. The van der Waals surface area contributed by atoms with E-state index in [0.717, 1.165) is 22.9 Å². The summed E-state index contributed by atoms with van der Waals surface area (Å²) in [6.45, 7) is 2.20. The summed E-state index contributed by atoms with van der Waals surface area (Å²) in [5, 5.41) is 1.07. The van der Waals surface area contributed by atoms with Crippen LogP contribution >= 0.6 is 11.6 Å². The van der Waals surface area contributed by atoms with Crippen LogP contribution in [0, 0.1) is 5.82 Å². The Morgan fingerprint density at radius 3 is 2.83 bits per heavy atom. The van der Waals surface area contributed by atoms with Gasteiger partial charge >= 0.3 is 0 Å². The minimum absolute atomic E-state index is 0.239. The average Bonchev–Trinajstić information content (AvgIpc) is 2.75. The van der Waals surface area contributed by atoms with Crippen molar-refractivity contribution in [2.75, 3.05) is 14.1 Å². The zero-order chi connectivity index (χ0) is 13.0. The maximum atomic E-state index is 13.8. The van der Waals surface area contributed by atoms with Crippen LogP contribution in [0.15, 0.2) is 18.3 Å². The van der Waals surface area contributed by atoms with E-state index in [0.29, 0.717) is 12.1 Å². The molecular weight excluding hydrogens is 251 g/mol. The maximum Gasteiger partial charge on any atom is 0.142 e. The molecule has 0 radical (unpaired) electrons. The number of hydrogen-bond donors (Lipinski definition) is 0. The number of halogens is 2. The van der Waals surface area contributed by atoms with Gasteiger partial charge in [0.2, 0.25) is 0 Å². The smallest absolute Gasteiger partial charge is 0.142 e. The summed E-state index contributed by atoms with van der Waals surface area (Å²) in [5.74, 6) is -0.316. The van der Waals surface area contributed by atoms with Crippen LogP contribution in [0.3, 0.4) is 0 Å². The Labute approximate surface area is 111 Å². The van der Waals surface area contributed by atoms with Crippen molar-refractivity contribution in [1.82, 2.24) is 9.47 Å². The van der Waals surface area contributed by atoms with Crippen LogP contribution in [0.2, 0.25) is 5.02 Å². The molecule has 0 saturated carbocycles. The van der Waals surface area contributed by atoms with Gasteiger partial charge in [-0.25, -0.2) is 4.39 Å². The lowest BCUT2D eigenvalue weighted by Crippen LogP contribution is -2.39. The molecule has 3 rings (SSSR count). The number of benzene rings is 1. The lowest BCUT2D eigenvalue weighted by molar-refractivity contribution is 0.216. The zero-order valence-corrected chi connectivity index (χ0v) is 11.5. The molecule has 0 bridgehead atoms.